The van der Waals surface area contributed by atoms with Crippen molar-refractivity contribution in [3.8, 4) is 0 Å². The second-order valence-electron chi connectivity index (χ2n) is 2.75. The molecule has 0 aromatic heterocycles. The molecule has 2 aliphatic heterocycles. The molecule has 2 heterocycles. The van der Waals surface area contributed by atoms with Crippen LogP contribution >= 0.6 is 0 Å². The van der Waals surface area contributed by atoms with Gasteiger partial charge in [-0.15, -0.1) is 0 Å². The van der Waals surface area contributed by atoms with Gasteiger partial charge in [0, 0.05) is 12.2 Å². The maximum Gasteiger partial charge on any atom is 0.0682 e. The van der Waals surface area contributed by atoms with Gasteiger partial charge >= 0.3 is 0 Å². The molecule has 54 valence electrons. The van der Waals surface area contributed by atoms with Gasteiger partial charge in [0.25, 0.3) is 0 Å². The van der Waals surface area contributed by atoms with Gasteiger partial charge in [0.15, 0.2) is 0 Å². The van der Waals surface area contributed by atoms with Crippen molar-refractivity contribution in [2.24, 2.45) is 0 Å². The van der Waals surface area contributed by atoms with Crippen molar-refractivity contribution < 1.29 is 0 Å². The van der Waals surface area contributed by atoms with Crippen molar-refractivity contribution in [2.75, 3.05) is 13.2 Å². The van der Waals surface area contributed by atoms with Crippen LogP contribution in [0.25, 0.3) is 0 Å². The van der Waals surface area contributed by atoms with Gasteiger partial charge in [-0.1, -0.05) is 12.2 Å². The minimum absolute atomic E-state index is 0.659. The Morgan fingerprint density at radius 1 is 1.40 bits per heavy atom. The molecule has 1 saturated heterocycles. The Bertz CT molecular complexity index is 152. The molecule has 0 aromatic carbocycles. The molecule has 0 spiro atoms. The van der Waals surface area contributed by atoms with Crippen molar-refractivity contribution in [3.63, 3.8) is 0 Å². The first kappa shape index (κ1) is 5.98. The van der Waals surface area contributed by atoms with Crippen LogP contribution in [0.4, 0.5) is 0 Å². The summed E-state index contributed by atoms with van der Waals surface area (Å²) in [6.45, 7) is 2.16. The summed E-state index contributed by atoms with van der Waals surface area (Å²) in [4.78, 5) is 2.32. The first-order chi connectivity index (χ1) is 4.97. The van der Waals surface area contributed by atoms with Crippen molar-refractivity contribution in [2.45, 2.75) is 12.5 Å². The standard InChI is InChI=1S/C8H12N2/c1-2-6-10-7-9-5-4-8(10)3-1/h1-3,6,8-9H,4-5,7H2. The Balaban J connectivity index is 2.09. The Morgan fingerprint density at radius 3 is 3.30 bits per heavy atom. The van der Waals surface area contributed by atoms with Crippen LogP contribution in [0.15, 0.2) is 24.4 Å². The molecule has 0 aromatic rings. The predicted octanol–water partition coefficient (Wildman–Crippen LogP) is 0.691. The lowest BCUT2D eigenvalue weighted by Gasteiger charge is -2.34. The monoisotopic (exact) mass is 136 g/mol. The number of allylic oxidation sites excluding steroid dienone is 2. The van der Waals surface area contributed by atoms with E-state index in [9.17, 15) is 0 Å². The van der Waals surface area contributed by atoms with Crippen LogP contribution in [-0.2, 0) is 0 Å². The third-order valence-electron chi connectivity index (χ3n) is 2.06. The summed E-state index contributed by atoms with van der Waals surface area (Å²) in [5.74, 6) is 0. The molecule has 2 nitrogen and oxygen atoms in total. The second kappa shape index (κ2) is 2.46. The summed E-state index contributed by atoms with van der Waals surface area (Å²) >= 11 is 0. The zero-order valence-corrected chi connectivity index (χ0v) is 5.96. The van der Waals surface area contributed by atoms with Crippen LogP contribution in [0.3, 0.4) is 0 Å². The normalized spacial score (nSPS) is 30.4. The molecule has 10 heavy (non-hydrogen) atoms. The summed E-state index contributed by atoms with van der Waals surface area (Å²) in [5.41, 5.74) is 0. The predicted molar refractivity (Wildman–Crippen MR) is 41.4 cm³/mol. The highest BCUT2D eigenvalue weighted by Gasteiger charge is 2.16. The van der Waals surface area contributed by atoms with Crippen LogP contribution in [-0.4, -0.2) is 24.2 Å². The Kier molecular flexibility index (Phi) is 1.47. The number of nitrogens with one attached hydrogen (secondary N) is 1. The van der Waals surface area contributed by atoms with Gasteiger partial charge in [-0.2, -0.15) is 0 Å². The van der Waals surface area contributed by atoms with E-state index in [4.69, 9.17) is 0 Å². The van der Waals surface area contributed by atoms with Crippen molar-refractivity contribution >= 4 is 0 Å². The van der Waals surface area contributed by atoms with Gasteiger partial charge in [0.1, 0.15) is 0 Å². The number of nitrogens with zero attached hydrogens (tertiary/aromatic N) is 1. The van der Waals surface area contributed by atoms with Gasteiger partial charge in [0.05, 0.1) is 6.67 Å². The van der Waals surface area contributed by atoms with Crippen molar-refractivity contribution in [3.05, 3.63) is 24.4 Å². The summed E-state index contributed by atoms with van der Waals surface area (Å²) in [6, 6.07) is 0.659. The van der Waals surface area contributed by atoms with E-state index in [2.05, 4.69) is 34.6 Å². The Hall–Kier alpha value is -0.760. The molecule has 2 rings (SSSR count). The van der Waals surface area contributed by atoms with E-state index < -0.39 is 0 Å². The van der Waals surface area contributed by atoms with E-state index in [-0.39, 0.29) is 0 Å². The average molecular weight is 136 g/mol. The third kappa shape index (κ3) is 0.948. The molecule has 1 N–H and O–H groups in total. The lowest BCUT2D eigenvalue weighted by Crippen LogP contribution is -2.45. The zero-order chi connectivity index (χ0) is 6.81. The number of fused-ring (bicyclic) bond motifs is 1. The van der Waals surface area contributed by atoms with E-state index in [0.717, 1.165) is 13.2 Å². The fourth-order valence-corrected chi connectivity index (χ4v) is 1.46. The van der Waals surface area contributed by atoms with Crippen molar-refractivity contribution in [1.29, 1.82) is 0 Å². The highest BCUT2D eigenvalue weighted by atomic mass is 15.2. The Morgan fingerprint density at radius 2 is 2.40 bits per heavy atom. The fourth-order valence-electron chi connectivity index (χ4n) is 1.46. The molecule has 1 atom stereocenters. The van der Waals surface area contributed by atoms with Crippen LogP contribution in [0.5, 0.6) is 0 Å². The Labute approximate surface area is 61.2 Å². The van der Waals surface area contributed by atoms with Crippen LogP contribution in [0.1, 0.15) is 6.42 Å². The van der Waals surface area contributed by atoms with Gasteiger partial charge in [-0.05, 0) is 19.0 Å². The van der Waals surface area contributed by atoms with Gasteiger partial charge in [0.2, 0.25) is 0 Å². The molecule has 0 bridgehead atoms. The van der Waals surface area contributed by atoms with Crippen LogP contribution in [0, 0.1) is 0 Å². The maximum absolute atomic E-state index is 3.32. The van der Waals surface area contributed by atoms with Gasteiger partial charge in [-0.25, -0.2) is 0 Å². The molecule has 2 aliphatic rings. The van der Waals surface area contributed by atoms with Crippen molar-refractivity contribution in [1.82, 2.24) is 10.2 Å². The smallest absolute Gasteiger partial charge is 0.0682 e. The molecular weight excluding hydrogens is 124 g/mol. The van der Waals surface area contributed by atoms with Crippen LogP contribution < -0.4 is 5.32 Å². The largest absolute Gasteiger partial charge is 0.358 e. The van der Waals surface area contributed by atoms with E-state index >= 15 is 0 Å². The lowest BCUT2D eigenvalue weighted by molar-refractivity contribution is 0.236. The molecule has 0 aliphatic carbocycles. The highest BCUT2D eigenvalue weighted by Crippen LogP contribution is 2.12. The molecule has 0 amide bonds. The number of hydrogen-bond donors (Lipinski definition) is 1. The zero-order valence-electron chi connectivity index (χ0n) is 5.96. The average Bonchev–Trinajstić information content (AvgIpc) is 2.05. The topological polar surface area (TPSA) is 15.3 Å². The molecule has 0 saturated carbocycles. The lowest BCUT2D eigenvalue weighted by atomic mass is 10.1. The quantitative estimate of drug-likeness (QED) is 0.527. The summed E-state index contributed by atoms with van der Waals surface area (Å²) in [5, 5.41) is 3.32. The second-order valence-corrected chi connectivity index (χ2v) is 2.75. The maximum atomic E-state index is 3.32. The molecule has 1 fully saturated rings. The van der Waals surface area contributed by atoms with Gasteiger partial charge in [-0.3, -0.25) is 5.32 Å². The van der Waals surface area contributed by atoms with Crippen LogP contribution in [0.2, 0.25) is 0 Å². The minimum atomic E-state index is 0.659. The fraction of sp³-hybridized carbons (Fsp3) is 0.500. The van der Waals surface area contributed by atoms with E-state index in [0.29, 0.717) is 6.04 Å². The third-order valence-corrected chi connectivity index (χ3v) is 2.06. The summed E-state index contributed by atoms with van der Waals surface area (Å²) in [6.07, 6.45) is 9.87. The number of hydrogen-bond acceptors (Lipinski definition) is 2. The molecule has 0 radical (unpaired) electrons. The van der Waals surface area contributed by atoms with Gasteiger partial charge < -0.3 is 4.90 Å². The number of rotatable bonds is 0. The molecule has 2 heteroatoms. The van der Waals surface area contributed by atoms with E-state index in [1.165, 1.54) is 6.42 Å². The van der Waals surface area contributed by atoms with E-state index in [1.54, 1.807) is 0 Å². The summed E-state index contributed by atoms with van der Waals surface area (Å²) in [7, 11) is 0. The first-order valence-electron chi connectivity index (χ1n) is 3.78. The highest BCUT2D eigenvalue weighted by molar-refractivity contribution is 5.13. The molecule has 1 unspecified atom stereocenters. The summed E-state index contributed by atoms with van der Waals surface area (Å²) < 4.78 is 0. The minimum Gasteiger partial charge on any atom is -0.358 e. The molecular formula is C8H12N2. The first-order valence-corrected chi connectivity index (χ1v) is 3.78. The SMILES string of the molecule is C1=CC2CCNCN2C=C1. The van der Waals surface area contributed by atoms with E-state index in [1.807, 2.05) is 0 Å².